The SMILES string of the molecule is CCCCC(O)CCCCCCC(CC)S(=O)(=O)O. The van der Waals surface area contributed by atoms with Crippen LogP contribution in [0.2, 0.25) is 0 Å². The molecule has 2 unspecified atom stereocenters. The van der Waals surface area contributed by atoms with Gasteiger partial charge in [0.25, 0.3) is 10.1 Å². The number of hydrogen-bond donors (Lipinski definition) is 2. The Morgan fingerprint density at radius 3 is 1.89 bits per heavy atom. The average molecular weight is 294 g/mol. The van der Waals surface area contributed by atoms with Gasteiger partial charge in [0, 0.05) is 0 Å². The minimum atomic E-state index is -3.87. The Bertz CT molecular complexity index is 301. The Balaban J connectivity index is 3.55. The molecule has 4 nitrogen and oxygen atoms in total. The van der Waals surface area contributed by atoms with Gasteiger partial charge in [-0.2, -0.15) is 8.42 Å². The van der Waals surface area contributed by atoms with Gasteiger partial charge in [-0.05, 0) is 25.7 Å². The zero-order chi connectivity index (χ0) is 14.7. The maximum atomic E-state index is 11.0. The highest BCUT2D eigenvalue weighted by atomic mass is 32.2. The van der Waals surface area contributed by atoms with Crippen molar-refractivity contribution in [3.8, 4) is 0 Å². The fourth-order valence-electron chi connectivity index (χ4n) is 2.25. The van der Waals surface area contributed by atoms with Crippen LogP contribution in [0.1, 0.15) is 78.1 Å². The van der Waals surface area contributed by atoms with E-state index in [1.54, 1.807) is 6.92 Å². The zero-order valence-corrected chi connectivity index (χ0v) is 13.2. The van der Waals surface area contributed by atoms with Gasteiger partial charge in [-0.15, -0.1) is 0 Å². The van der Waals surface area contributed by atoms with Crippen LogP contribution >= 0.6 is 0 Å². The summed E-state index contributed by atoms with van der Waals surface area (Å²) < 4.78 is 31.0. The summed E-state index contributed by atoms with van der Waals surface area (Å²) in [5, 5.41) is 9.05. The lowest BCUT2D eigenvalue weighted by Crippen LogP contribution is -2.19. The number of aliphatic hydroxyl groups is 1. The van der Waals surface area contributed by atoms with Gasteiger partial charge in [0.05, 0.1) is 11.4 Å². The molecular weight excluding hydrogens is 264 g/mol. The third-order valence-corrected chi connectivity index (χ3v) is 4.99. The van der Waals surface area contributed by atoms with Gasteiger partial charge in [-0.1, -0.05) is 52.4 Å². The minimum absolute atomic E-state index is 0.179. The van der Waals surface area contributed by atoms with Crippen LogP contribution in [0, 0.1) is 0 Å². The molecule has 0 heterocycles. The summed E-state index contributed by atoms with van der Waals surface area (Å²) in [6, 6.07) is 0. The maximum absolute atomic E-state index is 11.0. The summed E-state index contributed by atoms with van der Waals surface area (Å²) in [4.78, 5) is 0. The van der Waals surface area contributed by atoms with E-state index in [2.05, 4.69) is 6.92 Å². The minimum Gasteiger partial charge on any atom is -0.393 e. The Kier molecular flexibility index (Phi) is 10.6. The van der Waals surface area contributed by atoms with Crippen molar-refractivity contribution in [3.05, 3.63) is 0 Å². The van der Waals surface area contributed by atoms with Crippen LogP contribution in [0.15, 0.2) is 0 Å². The monoisotopic (exact) mass is 294 g/mol. The van der Waals surface area contributed by atoms with E-state index in [4.69, 9.17) is 4.55 Å². The lowest BCUT2D eigenvalue weighted by Gasteiger charge is -2.11. The third-order valence-electron chi connectivity index (χ3n) is 3.58. The highest BCUT2D eigenvalue weighted by Crippen LogP contribution is 2.16. The van der Waals surface area contributed by atoms with Crippen LogP contribution in [-0.4, -0.2) is 29.4 Å². The van der Waals surface area contributed by atoms with Crippen LogP contribution in [0.5, 0.6) is 0 Å². The van der Waals surface area contributed by atoms with E-state index in [1.165, 1.54) is 0 Å². The molecule has 0 fully saturated rings. The molecule has 0 spiro atoms. The molecule has 0 aliphatic carbocycles. The molecule has 0 rings (SSSR count). The first-order valence-corrected chi connectivity index (χ1v) is 9.06. The Labute approximate surface area is 118 Å². The van der Waals surface area contributed by atoms with Gasteiger partial charge in [0.1, 0.15) is 0 Å². The molecule has 0 aromatic heterocycles. The Hall–Kier alpha value is -0.130. The quantitative estimate of drug-likeness (QED) is 0.426. The van der Waals surface area contributed by atoms with Crippen molar-refractivity contribution in [1.29, 1.82) is 0 Å². The topological polar surface area (TPSA) is 74.6 Å². The summed E-state index contributed by atoms with van der Waals surface area (Å²) in [5.41, 5.74) is 0. The standard InChI is InChI=1S/C14H30O4S/c1-3-5-10-13(15)11-8-6-7-9-12-14(4-2)19(16,17)18/h13-15H,3-12H2,1-2H3,(H,16,17,18). The van der Waals surface area contributed by atoms with Crippen LogP contribution in [0.3, 0.4) is 0 Å². The molecule has 5 heteroatoms. The summed E-state index contributed by atoms with van der Waals surface area (Å²) >= 11 is 0. The maximum Gasteiger partial charge on any atom is 0.267 e. The molecule has 0 amide bonds. The normalized spacial score (nSPS) is 15.4. The van der Waals surface area contributed by atoms with Crippen molar-refractivity contribution < 1.29 is 18.1 Å². The van der Waals surface area contributed by atoms with E-state index in [0.717, 1.165) is 51.4 Å². The second kappa shape index (κ2) is 10.6. The fourth-order valence-corrected chi connectivity index (χ4v) is 3.14. The molecule has 2 N–H and O–H groups in total. The van der Waals surface area contributed by atoms with Crippen LogP contribution in [0.4, 0.5) is 0 Å². The van der Waals surface area contributed by atoms with Crippen molar-refractivity contribution in [3.63, 3.8) is 0 Å². The molecule has 19 heavy (non-hydrogen) atoms. The van der Waals surface area contributed by atoms with Crippen molar-refractivity contribution in [2.45, 2.75) is 89.4 Å². The number of hydrogen-bond acceptors (Lipinski definition) is 3. The van der Waals surface area contributed by atoms with Gasteiger partial charge in [0.2, 0.25) is 0 Å². The largest absolute Gasteiger partial charge is 0.393 e. The molecule has 0 aromatic carbocycles. The number of unbranched alkanes of at least 4 members (excludes halogenated alkanes) is 4. The van der Waals surface area contributed by atoms with Crippen molar-refractivity contribution >= 4 is 10.1 Å². The summed E-state index contributed by atoms with van der Waals surface area (Å²) in [6.45, 7) is 3.90. The zero-order valence-electron chi connectivity index (χ0n) is 12.3. The van der Waals surface area contributed by atoms with Gasteiger partial charge in [-0.25, -0.2) is 0 Å². The molecule has 0 saturated carbocycles. The summed E-state index contributed by atoms with van der Waals surface area (Å²) in [7, 11) is -3.87. The molecule has 0 aliphatic heterocycles. The van der Waals surface area contributed by atoms with E-state index >= 15 is 0 Å². The van der Waals surface area contributed by atoms with Crippen LogP contribution < -0.4 is 0 Å². The number of rotatable bonds is 12. The summed E-state index contributed by atoms with van der Waals surface area (Å²) in [6.07, 6.45) is 8.54. The summed E-state index contributed by atoms with van der Waals surface area (Å²) in [5.74, 6) is 0. The Morgan fingerprint density at radius 1 is 0.895 bits per heavy atom. The van der Waals surface area contributed by atoms with Gasteiger partial charge < -0.3 is 5.11 Å². The second-order valence-electron chi connectivity index (χ2n) is 5.33. The van der Waals surface area contributed by atoms with E-state index in [-0.39, 0.29) is 6.10 Å². The van der Waals surface area contributed by atoms with Crippen LogP contribution in [-0.2, 0) is 10.1 Å². The average Bonchev–Trinajstić information content (AvgIpc) is 2.33. The fraction of sp³-hybridized carbons (Fsp3) is 1.00. The Morgan fingerprint density at radius 2 is 1.42 bits per heavy atom. The second-order valence-corrected chi connectivity index (χ2v) is 7.03. The third kappa shape index (κ3) is 10.3. The van der Waals surface area contributed by atoms with E-state index in [0.29, 0.717) is 12.8 Å². The molecule has 116 valence electrons. The van der Waals surface area contributed by atoms with Crippen molar-refractivity contribution in [1.82, 2.24) is 0 Å². The first-order chi connectivity index (χ1) is 8.91. The van der Waals surface area contributed by atoms with E-state index in [9.17, 15) is 13.5 Å². The first kappa shape index (κ1) is 18.9. The van der Waals surface area contributed by atoms with Crippen molar-refractivity contribution in [2.75, 3.05) is 0 Å². The predicted molar refractivity (Wildman–Crippen MR) is 78.9 cm³/mol. The number of aliphatic hydroxyl groups excluding tert-OH is 1. The van der Waals surface area contributed by atoms with Crippen LogP contribution in [0.25, 0.3) is 0 Å². The predicted octanol–water partition coefficient (Wildman–Crippen LogP) is 3.54. The van der Waals surface area contributed by atoms with Gasteiger partial charge in [0.15, 0.2) is 0 Å². The molecule has 0 aromatic rings. The molecule has 0 bridgehead atoms. The van der Waals surface area contributed by atoms with Crippen molar-refractivity contribution in [2.24, 2.45) is 0 Å². The molecule has 2 atom stereocenters. The molecule has 0 aliphatic rings. The molecule has 0 radical (unpaired) electrons. The highest BCUT2D eigenvalue weighted by Gasteiger charge is 2.19. The van der Waals surface area contributed by atoms with Gasteiger partial charge in [-0.3, -0.25) is 4.55 Å². The van der Waals surface area contributed by atoms with E-state index < -0.39 is 15.4 Å². The lowest BCUT2D eigenvalue weighted by atomic mass is 10.0. The molecule has 0 saturated heterocycles. The molecular formula is C14H30O4S. The van der Waals surface area contributed by atoms with E-state index in [1.807, 2.05) is 0 Å². The lowest BCUT2D eigenvalue weighted by molar-refractivity contribution is 0.148. The highest BCUT2D eigenvalue weighted by molar-refractivity contribution is 7.86. The first-order valence-electron chi connectivity index (χ1n) is 7.56. The smallest absolute Gasteiger partial charge is 0.267 e. The van der Waals surface area contributed by atoms with Gasteiger partial charge >= 0.3 is 0 Å².